The summed E-state index contributed by atoms with van der Waals surface area (Å²) >= 11 is 0. The fraction of sp³-hybridized carbons (Fsp3) is 0.360. The molecule has 0 unspecified atom stereocenters. The number of amides is 1. The third-order valence-corrected chi connectivity index (χ3v) is 6.23. The van der Waals surface area contributed by atoms with Gasteiger partial charge in [-0.3, -0.25) is 14.7 Å². The predicted molar refractivity (Wildman–Crippen MR) is 119 cm³/mol. The van der Waals surface area contributed by atoms with E-state index < -0.39 is 0 Å². The van der Waals surface area contributed by atoms with Crippen molar-refractivity contribution in [3.05, 3.63) is 77.7 Å². The van der Waals surface area contributed by atoms with Gasteiger partial charge in [-0.1, -0.05) is 18.2 Å². The van der Waals surface area contributed by atoms with E-state index in [0.717, 1.165) is 42.9 Å². The number of nitrogens with zero attached hydrogens (tertiary/aromatic N) is 5. The van der Waals surface area contributed by atoms with E-state index in [1.54, 1.807) is 12.4 Å². The number of carbonyl (C=O) groups excluding carboxylic acids is 1. The summed E-state index contributed by atoms with van der Waals surface area (Å²) < 4.78 is 0. The van der Waals surface area contributed by atoms with Gasteiger partial charge in [0, 0.05) is 31.0 Å². The highest BCUT2D eigenvalue weighted by Gasteiger charge is 2.32. The highest BCUT2D eigenvalue weighted by atomic mass is 16.2. The number of rotatable bonds is 5. The van der Waals surface area contributed by atoms with Crippen molar-refractivity contribution in [2.75, 3.05) is 19.6 Å². The Morgan fingerprint density at radius 3 is 2.52 bits per heavy atom. The molecule has 158 valence electrons. The summed E-state index contributed by atoms with van der Waals surface area (Å²) in [7, 11) is 0. The highest BCUT2D eigenvalue weighted by molar-refractivity contribution is 5.94. The van der Waals surface area contributed by atoms with Crippen LogP contribution in [0.1, 0.15) is 53.3 Å². The zero-order valence-electron chi connectivity index (χ0n) is 17.7. The minimum atomic E-state index is -0.0257. The van der Waals surface area contributed by atoms with Crippen molar-refractivity contribution in [3.63, 3.8) is 0 Å². The second kappa shape index (κ2) is 8.94. The Hall–Kier alpha value is -3.12. The van der Waals surface area contributed by atoms with Gasteiger partial charge >= 0.3 is 0 Å². The molecule has 1 atom stereocenters. The quantitative estimate of drug-likeness (QED) is 0.630. The van der Waals surface area contributed by atoms with Gasteiger partial charge in [0.1, 0.15) is 5.69 Å². The number of benzene rings is 1. The van der Waals surface area contributed by atoms with Crippen LogP contribution >= 0.6 is 0 Å². The maximum absolute atomic E-state index is 13.3. The van der Waals surface area contributed by atoms with Crippen molar-refractivity contribution in [1.29, 1.82) is 0 Å². The predicted octanol–water partition coefficient (Wildman–Crippen LogP) is 4.11. The summed E-state index contributed by atoms with van der Waals surface area (Å²) in [5.74, 6) is 0.678. The topological polar surface area (TPSA) is 62.2 Å². The zero-order chi connectivity index (χ0) is 21.0. The van der Waals surface area contributed by atoms with E-state index in [9.17, 15) is 4.79 Å². The first kappa shape index (κ1) is 19.8. The van der Waals surface area contributed by atoms with Gasteiger partial charge in [0.25, 0.3) is 5.91 Å². The van der Waals surface area contributed by atoms with Crippen LogP contribution in [0.4, 0.5) is 0 Å². The molecule has 5 rings (SSSR count). The minimum absolute atomic E-state index is 0.0257. The third kappa shape index (κ3) is 4.35. The van der Waals surface area contributed by atoms with Crippen LogP contribution in [0.2, 0.25) is 0 Å². The molecule has 0 radical (unpaired) electrons. The lowest BCUT2D eigenvalue weighted by molar-refractivity contribution is 0.0733. The molecule has 1 amide bonds. The van der Waals surface area contributed by atoms with Crippen molar-refractivity contribution < 1.29 is 4.79 Å². The monoisotopic (exact) mass is 413 g/mol. The van der Waals surface area contributed by atoms with Crippen LogP contribution in [0.5, 0.6) is 0 Å². The molecule has 0 saturated carbocycles. The van der Waals surface area contributed by atoms with E-state index >= 15 is 0 Å². The molecular weight excluding hydrogens is 386 g/mol. The molecule has 2 aromatic heterocycles. The van der Waals surface area contributed by atoms with Crippen molar-refractivity contribution in [2.24, 2.45) is 0 Å². The smallest absolute Gasteiger partial charge is 0.254 e. The maximum Gasteiger partial charge on any atom is 0.254 e. The van der Waals surface area contributed by atoms with E-state index in [0.29, 0.717) is 5.82 Å². The van der Waals surface area contributed by atoms with Crippen LogP contribution < -0.4 is 0 Å². The van der Waals surface area contributed by atoms with Gasteiger partial charge < -0.3 is 4.90 Å². The van der Waals surface area contributed by atoms with Gasteiger partial charge in [-0.05, 0) is 74.7 Å². The van der Waals surface area contributed by atoms with Gasteiger partial charge in [-0.25, -0.2) is 9.97 Å². The molecule has 2 aliphatic heterocycles. The maximum atomic E-state index is 13.3. The summed E-state index contributed by atoms with van der Waals surface area (Å²) in [6.07, 6.45) is 7.98. The highest BCUT2D eigenvalue weighted by Crippen LogP contribution is 2.32. The summed E-state index contributed by atoms with van der Waals surface area (Å²) in [5.41, 5.74) is 3.64. The van der Waals surface area contributed by atoms with Gasteiger partial charge in [-0.15, -0.1) is 0 Å². The molecule has 6 heteroatoms. The first-order chi connectivity index (χ1) is 15.3. The Balaban J connectivity index is 1.32. The summed E-state index contributed by atoms with van der Waals surface area (Å²) in [6.45, 7) is 4.07. The SMILES string of the molecule is O=C(c1ccc(CN2CCCC2)cc1)N1CCC[C@H]1c1ccnc(-c2ccccn2)n1. The second-order valence-electron chi connectivity index (χ2n) is 8.36. The number of hydrogen-bond donors (Lipinski definition) is 0. The Labute approximate surface area is 183 Å². The van der Waals surface area contributed by atoms with Crippen molar-refractivity contribution in [3.8, 4) is 11.5 Å². The molecule has 2 fully saturated rings. The largest absolute Gasteiger partial charge is 0.330 e. The van der Waals surface area contributed by atoms with E-state index in [2.05, 4.69) is 27.0 Å². The number of pyridine rings is 1. The molecule has 2 saturated heterocycles. The lowest BCUT2D eigenvalue weighted by Crippen LogP contribution is -2.31. The van der Waals surface area contributed by atoms with Crippen LogP contribution in [-0.2, 0) is 6.54 Å². The van der Waals surface area contributed by atoms with E-state index in [1.165, 1.54) is 31.5 Å². The Kier molecular flexibility index (Phi) is 5.71. The summed E-state index contributed by atoms with van der Waals surface area (Å²) in [5, 5.41) is 0. The fourth-order valence-electron chi connectivity index (χ4n) is 4.61. The first-order valence-electron chi connectivity index (χ1n) is 11.1. The molecule has 0 spiro atoms. The van der Waals surface area contributed by atoms with Crippen LogP contribution in [-0.4, -0.2) is 50.3 Å². The van der Waals surface area contributed by atoms with Crippen molar-refractivity contribution in [1.82, 2.24) is 24.8 Å². The average Bonchev–Trinajstić information content (AvgIpc) is 3.52. The molecule has 6 nitrogen and oxygen atoms in total. The van der Waals surface area contributed by atoms with E-state index in [1.807, 2.05) is 41.3 Å². The van der Waals surface area contributed by atoms with Gasteiger partial charge in [0.15, 0.2) is 5.82 Å². The van der Waals surface area contributed by atoms with Gasteiger partial charge in [0.05, 0.1) is 11.7 Å². The normalized spacial score (nSPS) is 19.1. The third-order valence-electron chi connectivity index (χ3n) is 6.23. The van der Waals surface area contributed by atoms with Crippen LogP contribution in [0.25, 0.3) is 11.5 Å². The second-order valence-corrected chi connectivity index (χ2v) is 8.36. The molecule has 0 N–H and O–H groups in total. The van der Waals surface area contributed by atoms with Gasteiger partial charge in [-0.2, -0.15) is 0 Å². The van der Waals surface area contributed by atoms with E-state index in [-0.39, 0.29) is 11.9 Å². The fourth-order valence-corrected chi connectivity index (χ4v) is 4.61. The number of likely N-dealkylation sites (tertiary alicyclic amines) is 2. The number of carbonyl (C=O) groups is 1. The van der Waals surface area contributed by atoms with Crippen LogP contribution in [0.3, 0.4) is 0 Å². The standard InChI is InChI=1S/C25H27N5O/c31-25(20-10-8-19(9-11-20)18-29-15-3-4-16-29)30-17-5-7-23(30)21-12-14-27-24(28-21)22-6-1-2-13-26-22/h1-2,6,8-14,23H,3-5,7,15-18H2/t23-/m0/s1. The lowest BCUT2D eigenvalue weighted by atomic mass is 10.1. The van der Waals surface area contributed by atoms with Crippen LogP contribution in [0.15, 0.2) is 60.9 Å². The molecule has 0 aliphatic carbocycles. The summed E-state index contributed by atoms with van der Waals surface area (Å²) in [4.78, 5) is 31.2. The molecule has 2 aliphatic rings. The Morgan fingerprint density at radius 2 is 1.74 bits per heavy atom. The first-order valence-corrected chi connectivity index (χ1v) is 11.1. The van der Waals surface area contributed by atoms with Gasteiger partial charge in [0.2, 0.25) is 0 Å². The molecule has 0 bridgehead atoms. The molecule has 31 heavy (non-hydrogen) atoms. The average molecular weight is 414 g/mol. The molecular formula is C25H27N5O. The zero-order valence-corrected chi connectivity index (χ0v) is 17.7. The van der Waals surface area contributed by atoms with E-state index in [4.69, 9.17) is 4.98 Å². The molecule has 3 aromatic rings. The minimum Gasteiger partial charge on any atom is -0.330 e. The Morgan fingerprint density at radius 1 is 0.903 bits per heavy atom. The molecule has 1 aromatic carbocycles. The molecule has 4 heterocycles. The number of aromatic nitrogens is 3. The van der Waals surface area contributed by atoms with Crippen LogP contribution in [0, 0.1) is 0 Å². The summed E-state index contributed by atoms with van der Waals surface area (Å²) in [6, 6.07) is 15.7. The Bertz CT molecular complexity index is 1030. The number of hydrogen-bond acceptors (Lipinski definition) is 5. The lowest BCUT2D eigenvalue weighted by Gasteiger charge is -2.25. The van der Waals surface area contributed by atoms with Crippen molar-refractivity contribution >= 4 is 5.91 Å². The van der Waals surface area contributed by atoms with Crippen molar-refractivity contribution in [2.45, 2.75) is 38.3 Å².